The fourth-order valence-corrected chi connectivity index (χ4v) is 2.60. The van der Waals surface area contributed by atoms with E-state index in [9.17, 15) is 4.79 Å². The van der Waals surface area contributed by atoms with Crippen LogP contribution in [-0.4, -0.2) is 31.7 Å². The van der Waals surface area contributed by atoms with Crippen molar-refractivity contribution >= 4 is 23.2 Å². The Morgan fingerprint density at radius 3 is 3.19 bits per heavy atom. The van der Waals surface area contributed by atoms with E-state index in [-0.39, 0.29) is 12.1 Å². The van der Waals surface area contributed by atoms with Crippen molar-refractivity contribution < 1.29 is 4.79 Å². The van der Waals surface area contributed by atoms with Gasteiger partial charge >= 0.3 is 0 Å². The Morgan fingerprint density at radius 2 is 2.31 bits per heavy atom. The molecule has 4 nitrogen and oxygen atoms in total. The molecule has 1 aromatic carbocycles. The summed E-state index contributed by atoms with van der Waals surface area (Å²) in [6.07, 6.45) is 0.0219. The fraction of sp³-hybridized carbons (Fsp3) is 0.364. The van der Waals surface area contributed by atoms with Gasteiger partial charge in [0.15, 0.2) is 0 Å². The molecular formula is C11H12ClN3O. The second-order valence-corrected chi connectivity index (χ2v) is 4.43. The van der Waals surface area contributed by atoms with Crippen molar-refractivity contribution in [3.8, 4) is 0 Å². The first-order valence-electron chi connectivity index (χ1n) is 5.34. The van der Waals surface area contributed by atoms with Crippen LogP contribution in [0.25, 0.3) is 0 Å². The second-order valence-electron chi connectivity index (χ2n) is 4.02. The van der Waals surface area contributed by atoms with Crippen molar-refractivity contribution in [2.45, 2.75) is 6.17 Å². The zero-order valence-electron chi connectivity index (χ0n) is 8.66. The fourth-order valence-electron chi connectivity index (χ4n) is 2.32. The number of rotatable bonds is 0. The standard InChI is InChI=1S/C11H12ClN3O/c12-8-3-1-2-7-10(8)15-5-4-13-6-9(15)14-11(7)16/h1-3,9,13H,4-6H2,(H,14,16)/t9-/m0/s1. The van der Waals surface area contributed by atoms with E-state index in [0.717, 1.165) is 25.3 Å². The van der Waals surface area contributed by atoms with E-state index in [1.54, 1.807) is 0 Å². The number of nitrogens with zero attached hydrogens (tertiary/aromatic N) is 1. The number of nitrogens with one attached hydrogen (secondary N) is 2. The van der Waals surface area contributed by atoms with Crippen molar-refractivity contribution in [1.82, 2.24) is 10.6 Å². The van der Waals surface area contributed by atoms with Crippen LogP contribution in [0, 0.1) is 0 Å². The summed E-state index contributed by atoms with van der Waals surface area (Å²) in [5.41, 5.74) is 1.55. The number of hydrogen-bond acceptors (Lipinski definition) is 3. The molecule has 3 rings (SSSR count). The first-order chi connectivity index (χ1) is 7.77. The van der Waals surface area contributed by atoms with Crippen molar-refractivity contribution in [3.05, 3.63) is 28.8 Å². The molecule has 0 unspecified atom stereocenters. The molecule has 2 aliphatic heterocycles. The smallest absolute Gasteiger partial charge is 0.255 e. The van der Waals surface area contributed by atoms with Crippen LogP contribution >= 0.6 is 11.6 Å². The molecule has 0 saturated carbocycles. The molecule has 0 aliphatic carbocycles. The third-order valence-corrected chi connectivity index (χ3v) is 3.36. The van der Waals surface area contributed by atoms with Crippen LogP contribution in [0.2, 0.25) is 5.02 Å². The minimum atomic E-state index is -0.0394. The van der Waals surface area contributed by atoms with Crippen LogP contribution in [0.4, 0.5) is 5.69 Å². The molecule has 0 bridgehead atoms. The van der Waals surface area contributed by atoms with E-state index in [2.05, 4.69) is 15.5 Å². The van der Waals surface area contributed by atoms with Crippen LogP contribution in [0.3, 0.4) is 0 Å². The number of benzene rings is 1. The Kier molecular flexibility index (Phi) is 2.26. The van der Waals surface area contributed by atoms with Gasteiger partial charge in [-0.2, -0.15) is 0 Å². The van der Waals surface area contributed by atoms with Crippen LogP contribution in [-0.2, 0) is 0 Å². The SMILES string of the molecule is O=C1N[C@@H]2CNCCN2c2c(Cl)cccc21. The Morgan fingerprint density at radius 1 is 1.44 bits per heavy atom. The number of carbonyl (C=O) groups is 1. The second kappa shape index (κ2) is 3.64. The molecule has 16 heavy (non-hydrogen) atoms. The van der Waals surface area contributed by atoms with Crippen molar-refractivity contribution in [2.24, 2.45) is 0 Å². The lowest BCUT2D eigenvalue weighted by molar-refractivity contribution is 0.0923. The van der Waals surface area contributed by atoms with Gasteiger partial charge in [-0.25, -0.2) is 0 Å². The van der Waals surface area contributed by atoms with Crippen molar-refractivity contribution in [3.63, 3.8) is 0 Å². The molecule has 1 aromatic rings. The Labute approximate surface area is 98.6 Å². The highest BCUT2D eigenvalue weighted by atomic mass is 35.5. The van der Waals surface area contributed by atoms with E-state index in [1.807, 2.05) is 18.2 Å². The topological polar surface area (TPSA) is 44.4 Å². The first-order valence-corrected chi connectivity index (χ1v) is 5.72. The number of anilines is 1. The molecular weight excluding hydrogens is 226 g/mol. The molecule has 1 fully saturated rings. The predicted octanol–water partition coefficient (Wildman–Crippen LogP) is 0.819. The first kappa shape index (κ1) is 9.93. The molecule has 1 saturated heterocycles. The molecule has 0 spiro atoms. The number of amides is 1. The Balaban J connectivity index is 2.13. The lowest BCUT2D eigenvalue weighted by Crippen LogP contribution is -2.62. The molecule has 5 heteroatoms. The molecule has 2 aliphatic rings. The van der Waals surface area contributed by atoms with Crippen molar-refractivity contribution in [2.75, 3.05) is 24.5 Å². The summed E-state index contributed by atoms with van der Waals surface area (Å²) < 4.78 is 0. The number of piperazine rings is 1. The molecule has 84 valence electrons. The van der Waals surface area contributed by atoms with Gasteiger partial charge in [0.05, 0.1) is 16.3 Å². The minimum Gasteiger partial charge on any atom is -0.347 e. The van der Waals surface area contributed by atoms with Crippen LogP contribution < -0.4 is 15.5 Å². The minimum absolute atomic E-state index is 0.0219. The third kappa shape index (κ3) is 1.37. The van der Waals surface area contributed by atoms with Crippen LogP contribution in [0.15, 0.2) is 18.2 Å². The Hall–Kier alpha value is -1.26. The van der Waals surface area contributed by atoms with Gasteiger partial charge in [0.25, 0.3) is 5.91 Å². The molecule has 1 atom stereocenters. The summed E-state index contributed by atoms with van der Waals surface area (Å²) in [6, 6.07) is 5.45. The van der Waals surface area contributed by atoms with E-state index in [0.29, 0.717) is 10.6 Å². The lowest BCUT2D eigenvalue weighted by Gasteiger charge is -2.42. The van der Waals surface area contributed by atoms with Gasteiger partial charge in [-0.3, -0.25) is 4.79 Å². The average molecular weight is 238 g/mol. The summed E-state index contributed by atoms with van der Waals surface area (Å²) in [5.74, 6) is -0.0394. The van der Waals surface area contributed by atoms with Gasteiger partial charge in [0, 0.05) is 19.6 Å². The summed E-state index contributed by atoms with van der Waals surface area (Å²) in [6.45, 7) is 2.54. The zero-order chi connectivity index (χ0) is 11.1. The van der Waals surface area contributed by atoms with Gasteiger partial charge in [-0.05, 0) is 12.1 Å². The number of hydrogen-bond donors (Lipinski definition) is 2. The van der Waals surface area contributed by atoms with Crippen molar-refractivity contribution in [1.29, 1.82) is 0 Å². The number of carbonyl (C=O) groups excluding carboxylic acids is 1. The molecule has 1 amide bonds. The number of para-hydroxylation sites is 1. The number of fused-ring (bicyclic) bond motifs is 3. The van der Waals surface area contributed by atoms with E-state index < -0.39 is 0 Å². The normalized spacial score (nSPS) is 23.4. The average Bonchev–Trinajstić information content (AvgIpc) is 2.30. The van der Waals surface area contributed by atoms with E-state index in [4.69, 9.17) is 11.6 Å². The van der Waals surface area contributed by atoms with Gasteiger partial charge in [0.2, 0.25) is 0 Å². The highest BCUT2D eigenvalue weighted by Crippen LogP contribution is 2.33. The van der Waals surface area contributed by atoms with Gasteiger partial charge in [0.1, 0.15) is 6.17 Å². The van der Waals surface area contributed by atoms with Gasteiger partial charge in [-0.15, -0.1) is 0 Å². The Bertz CT molecular complexity index is 449. The van der Waals surface area contributed by atoms with Crippen LogP contribution in [0.5, 0.6) is 0 Å². The summed E-state index contributed by atoms with van der Waals surface area (Å²) in [5, 5.41) is 6.87. The lowest BCUT2D eigenvalue weighted by atomic mass is 10.1. The molecule has 2 heterocycles. The van der Waals surface area contributed by atoms with Gasteiger partial charge < -0.3 is 15.5 Å². The highest BCUT2D eigenvalue weighted by molar-refractivity contribution is 6.34. The molecule has 0 aromatic heterocycles. The van der Waals surface area contributed by atoms with Gasteiger partial charge in [-0.1, -0.05) is 17.7 Å². The maximum atomic E-state index is 11.9. The number of halogens is 1. The molecule has 2 N–H and O–H groups in total. The third-order valence-electron chi connectivity index (χ3n) is 3.06. The summed E-state index contributed by atoms with van der Waals surface area (Å²) >= 11 is 6.19. The largest absolute Gasteiger partial charge is 0.347 e. The maximum Gasteiger partial charge on any atom is 0.255 e. The molecule has 0 radical (unpaired) electrons. The monoisotopic (exact) mass is 237 g/mol. The quantitative estimate of drug-likeness (QED) is 0.702. The van der Waals surface area contributed by atoms with E-state index >= 15 is 0 Å². The summed E-state index contributed by atoms with van der Waals surface area (Å²) in [7, 11) is 0. The predicted molar refractivity (Wildman–Crippen MR) is 62.9 cm³/mol. The van der Waals surface area contributed by atoms with E-state index in [1.165, 1.54) is 0 Å². The zero-order valence-corrected chi connectivity index (χ0v) is 9.42. The summed E-state index contributed by atoms with van der Waals surface area (Å²) in [4.78, 5) is 14.0. The van der Waals surface area contributed by atoms with Crippen LogP contribution in [0.1, 0.15) is 10.4 Å². The highest BCUT2D eigenvalue weighted by Gasteiger charge is 2.33. The maximum absolute atomic E-state index is 11.9.